The number of hydrogen-bond acceptors (Lipinski definition) is 3. The molecule has 0 rings (SSSR count). The number of unbranched alkanes of at least 4 members (excludes halogenated alkanes) is 27. The third kappa shape index (κ3) is 38.7. The van der Waals surface area contributed by atoms with E-state index in [0.717, 1.165) is 70.6 Å². The minimum Gasteiger partial charge on any atom is -0.481 e. The van der Waals surface area contributed by atoms with Crippen molar-refractivity contribution in [1.29, 1.82) is 0 Å². The van der Waals surface area contributed by atoms with E-state index >= 15 is 0 Å². The van der Waals surface area contributed by atoms with Gasteiger partial charge in [0.2, 0.25) is 0 Å². The highest BCUT2D eigenvalue weighted by Gasteiger charge is 2.11. The highest BCUT2D eigenvalue weighted by atomic mass is 16.5. The van der Waals surface area contributed by atoms with Crippen LogP contribution in [0.1, 0.15) is 232 Å². The van der Waals surface area contributed by atoms with Crippen LogP contribution < -0.4 is 0 Å². The molecule has 0 amide bonds. The van der Waals surface area contributed by atoms with Gasteiger partial charge in [-0.25, -0.2) is 0 Å². The van der Waals surface area contributed by atoms with Crippen LogP contribution in [0.4, 0.5) is 0 Å². The number of allylic oxidation sites excluding steroid dienone is 3. The van der Waals surface area contributed by atoms with E-state index in [4.69, 9.17) is 9.84 Å². The standard InChI is InChI=1S/C43H80O4/c1-3-5-7-9-11-13-14-15-16-17-18-19-20-21-22-23-24-26-32-36-40-43(46)47-41(37-33-29-25-12-10-8-6-4-2)38-34-30-27-28-31-35-39-42(44)45/h12,25,33,37,41H,3-11,13-24,26-32,34-36,38-40H2,1-2H3,(H,44,45)/b25-12-,37-33-. The topological polar surface area (TPSA) is 63.6 Å². The zero-order valence-corrected chi connectivity index (χ0v) is 31.6. The zero-order chi connectivity index (χ0) is 34.3. The minimum absolute atomic E-state index is 0.0502. The van der Waals surface area contributed by atoms with E-state index in [1.807, 2.05) is 0 Å². The van der Waals surface area contributed by atoms with Gasteiger partial charge in [0, 0.05) is 12.8 Å². The molecule has 4 heteroatoms. The molecule has 0 aliphatic carbocycles. The summed E-state index contributed by atoms with van der Waals surface area (Å²) in [4.78, 5) is 23.3. The summed E-state index contributed by atoms with van der Waals surface area (Å²) >= 11 is 0. The fraction of sp³-hybridized carbons (Fsp3) is 0.860. The molecule has 0 saturated carbocycles. The van der Waals surface area contributed by atoms with Crippen molar-refractivity contribution in [2.45, 2.75) is 238 Å². The lowest BCUT2D eigenvalue weighted by Crippen LogP contribution is -2.16. The Morgan fingerprint density at radius 3 is 1.36 bits per heavy atom. The van der Waals surface area contributed by atoms with E-state index in [1.54, 1.807) is 0 Å². The van der Waals surface area contributed by atoms with Crippen LogP contribution in [-0.4, -0.2) is 23.1 Å². The van der Waals surface area contributed by atoms with Gasteiger partial charge in [0.15, 0.2) is 0 Å². The molecule has 276 valence electrons. The first kappa shape index (κ1) is 45.4. The van der Waals surface area contributed by atoms with Gasteiger partial charge >= 0.3 is 11.9 Å². The van der Waals surface area contributed by atoms with Gasteiger partial charge in [-0.3, -0.25) is 9.59 Å². The van der Waals surface area contributed by atoms with E-state index in [2.05, 4.69) is 38.2 Å². The summed E-state index contributed by atoms with van der Waals surface area (Å²) in [7, 11) is 0. The highest BCUT2D eigenvalue weighted by molar-refractivity contribution is 5.69. The van der Waals surface area contributed by atoms with Crippen molar-refractivity contribution in [2.75, 3.05) is 0 Å². The van der Waals surface area contributed by atoms with E-state index in [-0.39, 0.29) is 18.5 Å². The maximum absolute atomic E-state index is 12.6. The van der Waals surface area contributed by atoms with Gasteiger partial charge in [0.1, 0.15) is 6.10 Å². The van der Waals surface area contributed by atoms with Crippen LogP contribution in [-0.2, 0) is 14.3 Å². The van der Waals surface area contributed by atoms with Gasteiger partial charge in [0.05, 0.1) is 0 Å². The molecule has 0 aliphatic rings. The average molecular weight is 661 g/mol. The van der Waals surface area contributed by atoms with Crippen molar-refractivity contribution in [2.24, 2.45) is 0 Å². The SMILES string of the molecule is CCCCC/C=C\C/C=C\C(CCCCCCCCC(=O)O)OC(=O)CCCCCCCCCCCCCCCCCCCCCC. The molecule has 0 aromatic heterocycles. The molecule has 0 spiro atoms. The lowest BCUT2D eigenvalue weighted by molar-refractivity contribution is -0.147. The summed E-state index contributed by atoms with van der Waals surface area (Å²) in [5, 5.41) is 8.77. The Balaban J connectivity index is 3.90. The van der Waals surface area contributed by atoms with Crippen LogP contribution in [0.3, 0.4) is 0 Å². The number of carbonyl (C=O) groups is 2. The maximum atomic E-state index is 12.6. The summed E-state index contributed by atoms with van der Waals surface area (Å²) in [6.07, 6.45) is 49.4. The summed E-state index contributed by atoms with van der Waals surface area (Å²) in [6.45, 7) is 4.52. The monoisotopic (exact) mass is 661 g/mol. The quantitative estimate of drug-likeness (QED) is 0.0407. The number of rotatable bonds is 38. The van der Waals surface area contributed by atoms with E-state index in [0.29, 0.717) is 6.42 Å². The fourth-order valence-corrected chi connectivity index (χ4v) is 6.31. The summed E-state index contributed by atoms with van der Waals surface area (Å²) in [5.74, 6) is -0.751. The first-order valence-electron chi connectivity index (χ1n) is 20.8. The first-order chi connectivity index (χ1) is 23.1. The van der Waals surface area contributed by atoms with Crippen LogP contribution in [0.2, 0.25) is 0 Å². The van der Waals surface area contributed by atoms with Gasteiger partial charge in [0.25, 0.3) is 0 Å². The maximum Gasteiger partial charge on any atom is 0.306 e. The highest BCUT2D eigenvalue weighted by Crippen LogP contribution is 2.17. The normalized spacial score (nSPS) is 12.4. The van der Waals surface area contributed by atoms with E-state index in [9.17, 15) is 9.59 Å². The molecule has 0 aliphatic heterocycles. The summed E-state index contributed by atoms with van der Waals surface area (Å²) in [6, 6.07) is 0. The second kappa shape index (κ2) is 38.9. The average Bonchev–Trinajstić information content (AvgIpc) is 3.05. The summed E-state index contributed by atoms with van der Waals surface area (Å²) < 4.78 is 5.91. The van der Waals surface area contributed by atoms with Gasteiger partial charge in [-0.05, 0) is 51.0 Å². The number of ether oxygens (including phenoxy) is 1. The minimum atomic E-state index is -0.701. The van der Waals surface area contributed by atoms with Gasteiger partial charge in [-0.1, -0.05) is 193 Å². The molecule has 4 nitrogen and oxygen atoms in total. The molecule has 47 heavy (non-hydrogen) atoms. The van der Waals surface area contributed by atoms with Gasteiger partial charge < -0.3 is 9.84 Å². The lowest BCUT2D eigenvalue weighted by Gasteiger charge is -2.14. The Bertz CT molecular complexity index is 713. The largest absolute Gasteiger partial charge is 0.481 e. The molecule has 1 atom stereocenters. The third-order valence-corrected chi connectivity index (χ3v) is 9.41. The van der Waals surface area contributed by atoms with E-state index in [1.165, 1.54) is 135 Å². The molecule has 0 radical (unpaired) electrons. The number of hydrogen-bond donors (Lipinski definition) is 1. The van der Waals surface area contributed by atoms with Crippen molar-refractivity contribution >= 4 is 11.9 Å². The molecule has 0 aromatic carbocycles. The number of carbonyl (C=O) groups excluding carboxylic acids is 1. The molecule has 1 unspecified atom stereocenters. The number of aliphatic carboxylic acids is 1. The van der Waals surface area contributed by atoms with E-state index < -0.39 is 5.97 Å². The van der Waals surface area contributed by atoms with Gasteiger partial charge in [-0.2, -0.15) is 0 Å². The third-order valence-electron chi connectivity index (χ3n) is 9.41. The second-order valence-electron chi connectivity index (χ2n) is 14.2. The van der Waals surface area contributed by atoms with Crippen LogP contribution in [0, 0.1) is 0 Å². The van der Waals surface area contributed by atoms with Crippen molar-refractivity contribution in [1.82, 2.24) is 0 Å². The summed E-state index contributed by atoms with van der Waals surface area (Å²) in [5.41, 5.74) is 0. The Hall–Kier alpha value is -1.58. The molecule has 0 heterocycles. The molecular formula is C43H80O4. The van der Waals surface area contributed by atoms with Crippen molar-refractivity contribution in [3.8, 4) is 0 Å². The Labute approximate surface area is 293 Å². The number of carboxylic acids is 1. The van der Waals surface area contributed by atoms with Crippen LogP contribution in [0.5, 0.6) is 0 Å². The Kier molecular flexibility index (Phi) is 37.6. The molecule has 1 N–H and O–H groups in total. The first-order valence-corrected chi connectivity index (χ1v) is 20.8. The molecule has 0 bridgehead atoms. The molecule has 0 fully saturated rings. The van der Waals surface area contributed by atoms with Crippen LogP contribution >= 0.6 is 0 Å². The van der Waals surface area contributed by atoms with Crippen LogP contribution in [0.15, 0.2) is 24.3 Å². The van der Waals surface area contributed by atoms with Crippen molar-refractivity contribution in [3.63, 3.8) is 0 Å². The lowest BCUT2D eigenvalue weighted by atomic mass is 10.0. The zero-order valence-electron chi connectivity index (χ0n) is 31.6. The second-order valence-corrected chi connectivity index (χ2v) is 14.2. The molecule has 0 aromatic rings. The molecule has 0 saturated heterocycles. The predicted octanol–water partition coefficient (Wildman–Crippen LogP) is 14.4. The van der Waals surface area contributed by atoms with Crippen molar-refractivity contribution < 1.29 is 19.4 Å². The smallest absolute Gasteiger partial charge is 0.306 e. The fourth-order valence-electron chi connectivity index (χ4n) is 6.31. The van der Waals surface area contributed by atoms with Crippen molar-refractivity contribution in [3.05, 3.63) is 24.3 Å². The Morgan fingerprint density at radius 1 is 0.489 bits per heavy atom. The predicted molar refractivity (Wildman–Crippen MR) is 204 cm³/mol. The molecular weight excluding hydrogens is 580 g/mol. The number of esters is 1. The van der Waals surface area contributed by atoms with Crippen LogP contribution in [0.25, 0.3) is 0 Å². The Morgan fingerprint density at radius 2 is 0.894 bits per heavy atom. The van der Waals surface area contributed by atoms with Gasteiger partial charge in [-0.15, -0.1) is 0 Å². The number of carboxylic acid groups (broad SMARTS) is 1.